The fourth-order valence-electron chi connectivity index (χ4n) is 2.93. The number of hydrogen-bond acceptors (Lipinski definition) is 3. The van der Waals surface area contributed by atoms with Crippen molar-refractivity contribution in [3.63, 3.8) is 0 Å². The predicted octanol–water partition coefficient (Wildman–Crippen LogP) is 1.58. The number of nitrogens with one attached hydrogen (secondary N) is 1. The highest BCUT2D eigenvalue weighted by atomic mass is 16.3. The van der Waals surface area contributed by atoms with Crippen LogP contribution in [0.5, 0.6) is 0 Å². The lowest BCUT2D eigenvalue weighted by molar-refractivity contribution is -0.144. The summed E-state index contributed by atoms with van der Waals surface area (Å²) in [5, 5.41) is 13.2. The summed E-state index contributed by atoms with van der Waals surface area (Å²) in [7, 11) is 0. The molecule has 1 aromatic carbocycles. The monoisotopic (exact) mass is 315 g/mol. The lowest BCUT2D eigenvalue weighted by atomic mass is 10.1. The van der Waals surface area contributed by atoms with Crippen LogP contribution in [0.4, 0.5) is 5.69 Å². The topological polar surface area (TPSA) is 74.6 Å². The van der Waals surface area contributed by atoms with Gasteiger partial charge in [-0.25, -0.2) is 0 Å². The lowest BCUT2D eigenvalue weighted by Crippen LogP contribution is -2.45. The molecule has 23 heavy (non-hydrogen) atoms. The summed E-state index contributed by atoms with van der Waals surface area (Å²) in [5.41, 5.74) is 1.64. The van der Waals surface area contributed by atoms with Crippen molar-refractivity contribution in [3.05, 3.63) is 30.5 Å². The van der Waals surface area contributed by atoms with Crippen LogP contribution in [0.15, 0.2) is 30.5 Å². The number of aliphatic hydroxyl groups is 1. The van der Waals surface area contributed by atoms with Gasteiger partial charge in [-0.05, 0) is 43.4 Å². The van der Waals surface area contributed by atoms with Crippen LogP contribution in [0.2, 0.25) is 0 Å². The SMILES string of the molecule is CCn1ccc2ccc(NC(=O)C(=O)N3CCC(O)CC3)cc21. The third kappa shape index (κ3) is 3.22. The van der Waals surface area contributed by atoms with Gasteiger partial charge in [0, 0.05) is 31.5 Å². The lowest BCUT2D eigenvalue weighted by Gasteiger charge is -2.28. The highest BCUT2D eigenvalue weighted by Crippen LogP contribution is 2.21. The molecule has 0 aliphatic carbocycles. The normalized spacial score (nSPS) is 15.8. The molecule has 1 aromatic heterocycles. The van der Waals surface area contributed by atoms with E-state index in [1.165, 1.54) is 4.90 Å². The minimum absolute atomic E-state index is 0.369. The fourth-order valence-corrected chi connectivity index (χ4v) is 2.93. The van der Waals surface area contributed by atoms with Gasteiger partial charge in [-0.2, -0.15) is 0 Å². The molecule has 1 aliphatic heterocycles. The summed E-state index contributed by atoms with van der Waals surface area (Å²) >= 11 is 0. The van der Waals surface area contributed by atoms with E-state index in [1.807, 2.05) is 24.4 Å². The Kier molecular flexibility index (Phi) is 4.34. The van der Waals surface area contributed by atoms with Gasteiger partial charge in [0.15, 0.2) is 0 Å². The summed E-state index contributed by atoms with van der Waals surface area (Å²) in [6.45, 7) is 3.74. The summed E-state index contributed by atoms with van der Waals surface area (Å²) in [4.78, 5) is 25.8. The number of piperidine rings is 1. The quantitative estimate of drug-likeness (QED) is 0.826. The van der Waals surface area contributed by atoms with Crippen LogP contribution < -0.4 is 5.32 Å². The average Bonchev–Trinajstić information content (AvgIpc) is 2.97. The number of rotatable bonds is 2. The Bertz CT molecular complexity index is 730. The van der Waals surface area contributed by atoms with E-state index in [-0.39, 0.29) is 6.10 Å². The molecule has 1 fully saturated rings. The van der Waals surface area contributed by atoms with Gasteiger partial charge in [0.25, 0.3) is 0 Å². The molecule has 2 amide bonds. The molecular weight excluding hydrogens is 294 g/mol. The van der Waals surface area contributed by atoms with Gasteiger partial charge in [-0.1, -0.05) is 6.07 Å². The second-order valence-electron chi connectivity index (χ2n) is 5.85. The number of carbonyl (C=O) groups excluding carboxylic acids is 2. The molecule has 1 saturated heterocycles. The number of aromatic nitrogens is 1. The van der Waals surface area contributed by atoms with E-state index in [0.29, 0.717) is 31.6 Å². The highest BCUT2D eigenvalue weighted by molar-refractivity contribution is 6.39. The Hall–Kier alpha value is -2.34. The molecule has 6 heteroatoms. The molecule has 3 rings (SSSR count). The smallest absolute Gasteiger partial charge is 0.313 e. The maximum atomic E-state index is 12.2. The van der Waals surface area contributed by atoms with Crippen LogP contribution in [0.25, 0.3) is 10.9 Å². The number of likely N-dealkylation sites (tertiary alicyclic amines) is 1. The van der Waals surface area contributed by atoms with E-state index in [1.54, 1.807) is 6.07 Å². The third-order valence-corrected chi connectivity index (χ3v) is 4.32. The Morgan fingerprint density at radius 1 is 1.26 bits per heavy atom. The summed E-state index contributed by atoms with van der Waals surface area (Å²) < 4.78 is 2.08. The average molecular weight is 315 g/mol. The molecule has 0 bridgehead atoms. The predicted molar refractivity (Wildman–Crippen MR) is 88.1 cm³/mol. The summed E-state index contributed by atoms with van der Waals surface area (Å²) in [6.07, 6.45) is 2.68. The number of hydrogen-bond donors (Lipinski definition) is 2. The number of fused-ring (bicyclic) bond motifs is 1. The molecular formula is C17H21N3O3. The fraction of sp³-hybridized carbons (Fsp3) is 0.412. The molecule has 0 radical (unpaired) electrons. The highest BCUT2D eigenvalue weighted by Gasteiger charge is 2.26. The number of carbonyl (C=O) groups is 2. The van der Waals surface area contributed by atoms with Crippen molar-refractivity contribution in [2.45, 2.75) is 32.4 Å². The minimum atomic E-state index is -0.629. The van der Waals surface area contributed by atoms with Crippen LogP contribution in [0, 0.1) is 0 Å². The largest absolute Gasteiger partial charge is 0.393 e. The van der Waals surface area contributed by atoms with Crippen LogP contribution in [-0.4, -0.2) is 45.6 Å². The van der Waals surface area contributed by atoms with E-state index in [9.17, 15) is 14.7 Å². The third-order valence-electron chi connectivity index (χ3n) is 4.32. The zero-order chi connectivity index (χ0) is 16.4. The maximum absolute atomic E-state index is 12.2. The molecule has 6 nitrogen and oxygen atoms in total. The van der Waals surface area contributed by atoms with Gasteiger partial charge in [0.2, 0.25) is 0 Å². The molecule has 0 atom stereocenters. The van der Waals surface area contributed by atoms with Crippen LogP contribution >= 0.6 is 0 Å². The maximum Gasteiger partial charge on any atom is 0.313 e. The van der Waals surface area contributed by atoms with Crippen molar-refractivity contribution in [1.82, 2.24) is 9.47 Å². The van der Waals surface area contributed by atoms with Gasteiger partial charge in [0.1, 0.15) is 0 Å². The van der Waals surface area contributed by atoms with Crippen molar-refractivity contribution in [2.24, 2.45) is 0 Å². The van der Waals surface area contributed by atoms with Gasteiger partial charge in [-0.15, -0.1) is 0 Å². The van der Waals surface area contributed by atoms with E-state index < -0.39 is 11.8 Å². The number of aryl methyl sites for hydroxylation is 1. The Morgan fingerprint density at radius 2 is 2.00 bits per heavy atom. The van der Waals surface area contributed by atoms with E-state index in [4.69, 9.17) is 0 Å². The molecule has 0 saturated carbocycles. The van der Waals surface area contributed by atoms with Crippen LogP contribution in [-0.2, 0) is 16.1 Å². The number of aliphatic hydroxyl groups excluding tert-OH is 1. The standard InChI is InChI=1S/C17H21N3O3/c1-2-19-8-5-12-3-4-13(11-15(12)19)18-16(22)17(23)20-9-6-14(21)7-10-20/h3-5,8,11,14,21H,2,6-7,9-10H2,1H3,(H,18,22). The van der Waals surface area contributed by atoms with Crippen molar-refractivity contribution in [1.29, 1.82) is 0 Å². The Balaban J connectivity index is 1.71. The molecule has 0 unspecified atom stereocenters. The van der Waals surface area contributed by atoms with Gasteiger partial charge >= 0.3 is 11.8 Å². The zero-order valence-electron chi connectivity index (χ0n) is 13.2. The molecule has 2 N–H and O–H groups in total. The Labute approximate surface area is 134 Å². The van der Waals surface area contributed by atoms with Crippen LogP contribution in [0.3, 0.4) is 0 Å². The van der Waals surface area contributed by atoms with E-state index >= 15 is 0 Å². The molecule has 122 valence electrons. The first-order chi connectivity index (χ1) is 11.1. The van der Waals surface area contributed by atoms with Gasteiger partial charge in [-0.3, -0.25) is 9.59 Å². The van der Waals surface area contributed by atoms with Gasteiger partial charge < -0.3 is 19.9 Å². The summed E-state index contributed by atoms with van der Waals surface area (Å²) in [6, 6.07) is 7.63. The van der Waals surface area contributed by atoms with Gasteiger partial charge in [0.05, 0.1) is 11.6 Å². The number of amides is 2. The number of anilines is 1. The first-order valence-electron chi connectivity index (χ1n) is 7.95. The van der Waals surface area contributed by atoms with Crippen molar-refractivity contribution in [3.8, 4) is 0 Å². The minimum Gasteiger partial charge on any atom is -0.393 e. The molecule has 2 heterocycles. The number of benzene rings is 1. The number of nitrogens with zero attached hydrogens (tertiary/aromatic N) is 2. The van der Waals surface area contributed by atoms with Crippen LogP contribution in [0.1, 0.15) is 19.8 Å². The molecule has 0 spiro atoms. The molecule has 1 aliphatic rings. The molecule has 2 aromatic rings. The summed E-state index contributed by atoms with van der Waals surface area (Å²) in [5.74, 6) is -1.17. The second kappa shape index (κ2) is 6.42. The van der Waals surface area contributed by atoms with E-state index in [2.05, 4.69) is 16.8 Å². The Morgan fingerprint density at radius 3 is 2.70 bits per heavy atom. The van der Waals surface area contributed by atoms with Crippen molar-refractivity contribution >= 4 is 28.4 Å². The second-order valence-corrected chi connectivity index (χ2v) is 5.85. The van der Waals surface area contributed by atoms with Crippen molar-refractivity contribution in [2.75, 3.05) is 18.4 Å². The van der Waals surface area contributed by atoms with Crippen molar-refractivity contribution < 1.29 is 14.7 Å². The zero-order valence-corrected chi connectivity index (χ0v) is 13.2. The first kappa shape index (κ1) is 15.6. The first-order valence-corrected chi connectivity index (χ1v) is 7.95. The van der Waals surface area contributed by atoms with E-state index in [0.717, 1.165) is 17.4 Å².